The van der Waals surface area contributed by atoms with Gasteiger partial charge in [-0.2, -0.15) is 0 Å². The van der Waals surface area contributed by atoms with Crippen LogP contribution in [-0.4, -0.2) is 27.5 Å². The smallest absolute Gasteiger partial charge is 0.266 e. The van der Waals surface area contributed by atoms with E-state index in [1.54, 1.807) is 6.07 Å². The van der Waals surface area contributed by atoms with E-state index in [2.05, 4.69) is 21.4 Å². The number of ether oxygens (including phenoxy) is 2. The van der Waals surface area contributed by atoms with Gasteiger partial charge in [0.05, 0.1) is 5.02 Å². The monoisotopic (exact) mass is 446 g/mol. The van der Waals surface area contributed by atoms with E-state index in [0.29, 0.717) is 29.2 Å². The van der Waals surface area contributed by atoms with Gasteiger partial charge >= 0.3 is 0 Å². The second-order valence-electron chi connectivity index (χ2n) is 4.99. The van der Waals surface area contributed by atoms with E-state index < -0.39 is 15.9 Å². The first-order chi connectivity index (χ1) is 11.9. The maximum atomic E-state index is 12.3. The summed E-state index contributed by atoms with van der Waals surface area (Å²) in [6.45, 7) is 0.819. The minimum absolute atomic E-state index is 0.0236. The zero-order valence-corrected chi connectivity index (χ0v) is 15.7. The van der Waals surface area contributed by atoms with Gasteiger partial charge in [-0.25, -0.2) is 8.42 Å². The van der Waals surface area contributed by atoms with E-state index >= 15 is 0 Å². The second-order valence-corrected chi connectivity index (χ2v) is 7.97. The van der Waals surface area contributed by atoms with Gasteiger partial charge < -0.3 is 9.47 Å². The van der Waals surface area contributed by atoms with Crippen LogP contribution in [0.25, 0.3) is 0 Å². The van der Waals surface area contributed by atoms with Crippen molar-refractivity contribution in [3.63, 3.8) is 0 Å². The van der Waals surface area contributed by atoms with E-state index in [-0.39, 0.29) is 15.5 Å². The van der Waals surface area contributed by atoms with Crippen LogP contribution in [0, 0.1) is 0 Å². The van der Waals surface area contributed by atoms with Gasteiger partial charge in [-0.1, -0.05) is 27.5 Å². The summed E-state index contributed by atoms with van der Waals surface area (Å²) in [5.41, 5.74) is 2.36. The van der Waals surface area contributed by atoms with Crippen LogP contribution in [0.15, 0.2) is 45.8 Å². The van der Waals surface area contributed by atoms with Crippen LogP contribution in [-0.2, 0) is 10.0 Å². The molecule has 1 aliphatic heterocycles. The molecule has 3 rings (SSSR count). The third-order valence-electron chi connectivity index (χ3n) is 3.29. The van der Waals surface area contributed by atoms with Crippen LogP contribution in [0.5, 0.6) is 11.5 Å². The van der Waals surface area contributed by atoms with E-state index in [1.807, 2.05) is 4.83 Å². The molecule has 0 aliphatic carbocycles. The van der Waals surface area contributed by atoms with Crippen molar-refractivity contribution in [3.05, 3.63) is 51.5 Å². The lowest BCUT2D eigenvalue weighted by Crippen LogP contribution is -2.41. The zero-order chi connectivity index (χ0) is 18.0. The SMILES string of the molecule is O=C(NNS(=O)(=O)c1ccc(Br)cc1Cl)c1ccc2c(c1)OCCO2. The van der Waals surface area contributed by atoms with Gasteiger partial charge in [0.25, 0.3) is 15.9 Å². The first-order valence-electron chi connectivity index (χ1n) is 7.04. The third-order valence-corrected chi connectivity index (χ3v) is 5.51. The zero-order valence-electron chi connectivity index (χ0n) is 12.6. The topological polar surface area (TPSA) is 93.7 Å². The molecule has 1 aliphatic rings. The normalized spacial score (nSPS) is 13.4. The summed E-state index contributed by atoms with van der Waals surface area (Å²) < 4.78 is 35.9. The number of hydrazine groups is 1. The Morgan fingerprint density at radius 1 is 1.08 bits per heavy atom. The Kier molecular flexibility index (Phi) is 5.19. The molecule has 1 heterocycles. The maximum absolute atomic E-state index is 12.3. The summed E-state index contributed by atoms with van der Waals surface area (Å²) in [5, 5.41) is 0.0236. The lowest BCUT2D eigenvalue weighted by atomic mass is 10.2. The van der Waals surface area contributed by atoms with Gasteiger partial charge in [-0.3, -0.25) is 10.2 Å². The number of carbonyl (C=O) groups excluding carboxylic acids is 1. The predicted molar refractivity (Wildman–Crippen MR) is 94.4 cm³/mol. The van der Waals surface area contributed by atoms with Crippen LogP contribution in [0.1, 0.15) is 10.4 Å². The number of fused-ring (bicyclic) bond motifs is 1. The van der Waals surface area contributed by atoms with Crippen molar-refractivity contribution in [1.29, 1.82) is 0 Å². The van der Waals surface area contributed by atoms with Crippen LogP contribution >= 0.6 is 27.5 Å². The molecule has 2 N–H and O–H groups in total. The first-order valence-corrected chi connectivity index (χ1v) is 9.69. The third kappa shape index (κ3) is 4.06. The van der Waals surface area contributed by atoms with Crippen LogP contribution in [0.3, 0.4) is 0 Å². The highest BCUT2D eigenvalue weighted by atomic mass is 79.9. The number of nitrogens with one attached hydrogen (secondary N) is 2. The molecule has 10 heteroatoms. The van der Waals surface area contributed by atoms with Gasteiger partial charge in [0, 0.05) is 10.0 Å². The van der Waals surface area contributed by atoms with Gasteiger partial charge in [0.2, 0.25) is 0 Å². The number of hydrogen-bond donors (Lipinski definition) is 2. The van der Waals surface area contributed by atoms with Crippen molar-refractivity contribution in [2.75, 3.05) is 13.2 Å². The Balaban J connectivity index is 1.73. The Labute approximate surface area is 157 Å². The molecule has 132 valence electrons. The van der Waals surface area contributed by atoms with Crippen LogP contribution in [0.2, 0.25) is 5.02 Å². The number of rotatable bonds is 4. The summed E-state index contributed by atoms with van der Waals surface area (Å²) in [6.07, 6.45) is 0. The fourth-order valence-corrected chi connectivity index (χ4v) is 4.00. The number of hydrogen-bond acceptors (Lipinski definition) is 5. The molecule has 2 aromatic rings. The molecule has 0 spiro atoms. The molecule has 0 bridgehead atoms. The van der Waals surface area contributed by atoms with E-state index in [1.165, 1.54) is 30.3 Å². The summed E-state index contributed by atoms with van der Waals surface area (Å²) in [6, 6.07) is 8.87. The largest absolute Gasteiger partial charge is 0.486 e. The fourth-order valence-electron chi connectivity index (χ4n) is 2.12. The van der Waals surface area contributed by atoms with E-state index in [9.17, 15) is 13.2 Å². The molecule has 0 aromatic heterocycles. The number of carbonyl (C=O) groups is 1. The molecule has 25 heavy (non-hydrogen) atoms. The highest BCUT2D eigenvalue weighted by Crippen LogP contribution is 2.30. The summed E-state index contributed by atoms with van der Waals surface area (Å²) in [4.78, 5) is 14.0. The molecular weight excluding hydrogens is 436 g/mol. The van der Waals surface area contributed by atoms with Gasteiger partial charge in [0.15, 0.2) is 11.5 Å². The molecule has 0 saturated heterocycles. The van der Waals surface area contributed by atoms with Gasteiger partial charge in [0.1, 0.15) is 18.1 Å². The molecule has 0 fully saturated rings. The molecule has 1 amide bonds. The molecule has 2 aromatic carbocycles. The minimum Gasteiger partial charge on any atom is -0.486 e. The average Bonchev–Trinajstić information content (AvgIpc) is 2.59. The Bertz CT molecular complexity index is 936. The van der Waals surface area contributed by atoms with Crippen molar-refractivity contribution in [2.45, 2.75) is 4.90 Å². The van der Waals surface area contributed by atoms with Gasteiger partial charge in [-0.15, -0.1) is 4.83 Å². The standard InChI is InChI=1S/C15H12BrClN2O5S/c16-10-2-4-14(11(17)8-10)25(21,22)19-18-15(20)9-1-3-12-13(7-9)24-6-5-23-12/h1-4,7-8,19H,5-6H2,(H,18,20). The fraction of sp³-hybridized carbons (Fsp3) is 0.133. The lowest BCUT2D eigenvalue weighted by molar-refractivity contribution is 0.0944. The van der Waals surface area contributed by atoms with Gasteiger partial charge in [-0.05, 0) is 36.4 Å². The van der Waals surface area contributed by atoms with Crippen molar-refractivity contribution in [3.8, 4) is 11.5 Å². The predicted octanol–water partition coefficient (Wildman–Crippen LogP) is 2.50. The number of amides is 1. The quantitative estimate of drug-likeness (QED) is 0.703. The number of benzene rings is 2. The van der Waals surface area contributed by atoms with Crippen LogP contribution in [0.4, 0.5) is 0 Å². The number of sulfonamides is 1. The Morgan fingerprint density at radius 3 is 2.52 bits per heavy atom. The second kappa shape index (κ2) is 7.20. The molecule has 0 unspecified atom stereocenters. The summed E-state index contributed by atoms with van der Waals surface area (Å²) in [7, 11) is -4.02. The number of halogens is 2. The maximum Gasteiger partial charge on any atom is 0.266 e. The molecule has 0 atom stereocenters. The average molecular weight is 448 g/mol. The Morgan fingerprint density at radius 2 is 1.80 bits per heavy atom. The van der Waals surface area contributed by atoms with Crippen molar-refractivity contribution < 1.29 is 22.7 Å². The van der Waals surface area contributed by atoms with E-state index in [0.717, 1.165) is 0 Å². The first kappa shape index (κ1) is 18.0. The molecule has 0 saturated carbocycles. The Hall–Kier alpha value is -1.81. The lowest BCUT2D eigenvalue weighted by Gasteiger charge is -2.18. The highest BCUT2D eigenvalue weighted by Gasteiger charge is 2.20. The molecule has 0 radical (unpaired) electrons. The van der Waals surface area contributed by atoms with Crippen molar-refractivity contribution in [2.24, 2.45) is 0 Å². The molecular formula is C15H12BrClN2O5S. The van der Waals surface area contributed by atoms with Crippen molar-refractivity contribution in [1.82, 2.24) is 10.3 Å². The summed E-state index contributed by atoms with van der Waals surface area (Å²) in [5.74, 6) is 0.316. The highest BCUT2D eigenvalue weighted by molar-refractivity contribution is 9.10. The summed E-state index contributed by atoms with van der Waals surface area (Å²) >= 11 is 9.13. The van der Waals surface area contributed by atoms with E-state index in [4.69, 9.17) is 21.1 Å². The minimum atomic E-state index is -4.02. The van der Waals surface area contributed by atoms with Crippen molar-refractivity contribution >= 4 is 43.5 Å². The van der Waals surface area contributed by atoms with Crippen LogP contribution < -0.4 is 19.7 Å². The molecule has 7 nitrogen and oxygen atoms in total.